The summed E-state index contributed by atoms with van der Waals surface area (Å²) >= 11 is 9.86. The van der Waals surface area contributed by atoms with E-state index in [4.69, 9.17) is 11.6 Å². The molecule has 0 saturated carbocycles. The van der Waals surface area contributed by atoms with E-state index in [1.54, 1.807) is 48.5 Å². The minimum absolute atomic E-state index is 0.0150. The van der Waals surface area contributed by atoms with Crippen LogP contribution in [0.25, 0.3) is 0 Å². The van der Waals surface area contributed by atoms with Gasteiger partial charge in [0, 0.05) is 28.0 Å². The van der Waals surface area contributed by atoms with E-state index in [-0.39, 0.29) is 18.9 Å². The molecular formula is C29H33BrClN3O4S. The van der Waals surface area contributed by atoms with Crippen molar-refractivity contribution in [1.82, 2.24) is 10.2 Å². The zero-order valence-corrected chi connectivity index (χ0v) is 25.6. The van der Waals surface area contributed by atoms with E-state index in [0.29, 0.717) is 20.7 Å². The van der Waals surface area contributed by atoms with Crippen molar-refractivity contribution in [2.75, 3.05) is 17.1 Å². The van der Waals surface area contributed by atoms with Gasteiger partial charge in [0.05, 0.1) is 11.9 Å². The molecule has 0 saturated heterocycles. The molecule has 10 heteroatoms. The Morgan fingerprint density at radius 3 is 2.13 bits per heavy atom. The molecule has 0 unspecified atom stereocenters. The molecule has 0 spiro atoms. The van der Waals surface area contributed by atoms with E-state index >= 15 is 0 Å². The highest BCUT2D eigenvalue weighted by Gasteiger charge is 2.34. The summed E-state index contributed by atoms with van der Waals surface area (Å²) in [5.41, 5.74) is 1.26. The summed E-state index contributed by atoms with van der Waals surface area (Å²) in [6.45, 7) is 5.11. The predicted molar refractivity (Wildman–Crippen MR) is 160 cm³/mol. The third-order valence-electron chi connectivity index (χ3n) is 5.87. The van der Waals surface area contributed by atoms with Gasteiger partial charge in [-0.05, 0) is 66.0 Å². The van der Waals surface area contributed by atoms with E-state index in [0.717, 1.165) is 16.1 Å². The molecule has 0 bridgehead atoms. The molecule has 0 aromatic heterocycles. The average Bonchev–Trinajstić information content (AvgIpc) is 2.85. The summed E-state index contributed by atoms with van der Waals surface area (Å²) in [6, 6.07) is 22.3. The molecule has 7 nitrogen and oxygen atoms in total. The topological polar surface area (TPSA) is 86.8 Å². The second kappa shape index (κ2) is 13.0. The number of halogens is 2. The Morgan fingerprint density at radius 2 is 1.54 bits per heavy atom. The smallest absolute Gasteiger partial charge is 0.244 e. The van der Waals surface area contributed by atoms with Crippen molar-refractivity contribution in [2.45, 2.75) is 45.3 Å². The lowest BCUT2D eigenvalue weighted by molar-refractivity contribution is -0.140. The van der Waals surface area contributed by atoms with Crippen molar-refractivity contribution in [1.29, 1.82) is 0 Å². The highest BCUT2D eigenvalue weighted by molar-refractivity contribution is 9.10. The maximum Gasteiger partial charge on any atom is 0.244 e. The Labute approximate surface area is 244 Å². The van der Waals surface area contributed by atoms with Crippen LogP contribution in [0.2, 0.25) is 5.02 Å². The fraction of sp³-hybridized carbons (Fsp3) is 0.310. The van der Waals surface area contributed by atoms with E-state index in [2.05, 4.69) is 21.2 Å². The van der Waals surface area contributed by atoms with Crippen LogP contribution in [0.4, 0.5) is 5.69 Å². The highest BCUT2D eigenvalue weighted by Crippen LogP contribution is 2.28. The molecule has 1 atom stereocenters. The van der Waals surface area contributed by atoms with Gasteiger partial charge in [-0.3, -0.25) is 13.9 Å². The van der Waals surface area contributed by atoms with Gasteiger partial charge in [-0.2, -0.15) is 0 Å². The number of hydrogen-bond donors (Lipinski definition) is 1. The van der Waals surface area contributed by atoms with Gasteiger partial charge >= 0.3 is 0 Å². The molecule has 1 N–H and O–H groups in total. The van der Waals surface area contributed by atoms with Crippen LogP contribution in [-0.2, 0) is 32.6 Å². The van der Waals surface area contributed by atoms with Crippen LogP contribution < -0.4 is 9.62 Å². The lowest BCUT2D eigenvalue weighted by atomic mass is 10.0. The Hall–Kier alpha value is -2.88. The number of rotatable bonds is 10. The zero-order valence-electron chi connectivity index (χ0n) is 22.4. The number of benzene rings is 3. The van der Waals surface area contributed by atoms with Gasteiger partial charge in [-0.1, -0.05) is 72.3 Å². The second-order valence-corrected chi connectivity index (χ2v) is 13.4. The molecule has 3 aromatic carbocycles. The number of amides is 2. The molecule has 39 heavy (non-hydrogen) atoms. The quantitative estimate of drug-likeness (QED) is 0.323. The second-order valence-electron chi connectivity index (χ2n) is 10.3. The van der Waals surface area contributed by atoms with Crippen molar-refractivity contribution >= 4 is 55.1 Å². The zero-order chi connectivity index (χ0) is 28.8. The maximum absolute atomic E-state index is 14.1. The van der Waals surface area contributed by atoms with Gasteiger partial charge in [0.15, 0.2) is 0 Å². The number of nitrogens with zero attached hydrogens (tertiary/aromatic N) is 2. The predicted octanol–water partition coefficient (Wildman–Crippen LogP) is 5.42. The van der Waals surface area contributed by atoms with Crippen molar-refractivity contribution in [3.63, 3.8) is 0 Å². The van der Waals surface area contributed by atoms with Crippen molar-refractivity contribution < 1.29 is 18.0 Å². The van der Waals surface area contributed by atoms with Crippen molar-refractivity contribution in [3.8, 4) is 0 Å². The van der Waals surface area contributed by atoms with Crippen molar-refractivity contribution in [2.24, 2.45) is 0 Å². The van der Waals surface area contributed by atoms with Gasteiger partial charge in [0.2, 0.25) is 21.8 Å². The number of nitrogens with one attached hydrogen (secondary N) is 1. The normalized spacial score (nSPS) is 12.5. The fourth-order valence-electron chi connectivity index (χ4n) is 4.07. The van der Waals surface area contributed by atoms with E-state index in [1.807, 2.05) is 51.1 Å². The number of anilines is 1. The van der Waals surface area contributed by atoms with Crippen LogP contribution in [0.15, 0.2) is 83.3 Å². The SMILES string of the molecule is CC(C)(C)NC(=O)[C@@H](Cc1ccccc1)N(Cc1ccccc1Cl)C(=O)CN(c1ccccc1Br)S(C)(=O)=O. The number of carbonyl (C=O) groups excluding carboxylic acids is 2. The minimum Gasteiger partial charge on any atom is -0.350 e. The van der Waals surface area contributed by atoms with Crippen LogP contribution in [-0.4, -0.2) is 49.5 Å². The van der Waals surface area contributed by atoms with Gasteiger partial charge in [-0.25, -0.2) is 8.42 Å². The molecule has 3 rings (SSSR count). The third-order valence-corrected chi connectivity index (χ3v) is 8.03. The molecule has 0 radical (unpaired) electrons. The first-order valence-corrected chi connectivity index (χ1v) is 15.4. The highest BCUT2D eigenvalue weighted by atomic mass is 79.9. The van der Waals surface area contributed by atoms with E-state index in [9.17, 15) is 18.0 Å². The monoisotopic (exact) mass is 633 g/mol. The third kappa shape index (κ3) is 8.81. The first kappa shape index (κ1) is 30.7. The summed E-state index contributed by atoms with van der Waals surface area (Å²) in [7, 11) is -3.85. The summed E-state index contributed by atoms with van der Waals surface area (Å²) in [5, 5.41) is 3.43. The first-order valence-electron chi connectivity index (χ1n) is 12.4. The molecule has 0 aliphatic carbocycles. The Kier molecular flexibility index (Phi) is 10.2. The van der Waals surface area contributed by atoms with Gasteiger partial charge in [0.1, 0.15) is 12.6 Å². The van der Waals surface area contributed by atoms with E-state index in [1.165, 1.54) is 4.90 Å². The van der Waals surface area contributed by atoms with Gasteiger partial charge < -0.3 is 10.2 Å². The van der Waals surface area contributed by atoms with Crippen LogP contribution in [0.3, 0.4) is 0 Å². The molecule has 0 aliphatic heterocycles. The Bertz CT molecular complexity index is 1410. The Morgan fingerprint density at radius 1 is 0.949 bits per heavy atom. The van der Waals surface area contributed by atoms with Crippen molar-refractivity contribution in [3.05, 3.63) is 99.5 Å². The maximum atomic E-state index is 14.1. The standard InChI is InChI=1S/C29H33BrClN3O4S/c1-29(2,3)32-28(36)26(18-21-12-6-5-7-13-21)33(19-22-14-8-10-16-24(22)31)27(35)20-34(39(4,37)38)25-17-11-9-15-23(25)30/h5-17,26H,18-20H2,1-4H3,(H,32,36)/t26-/m1/s1. The summed E-state index contributed by atoms with van der Waals surface area (Å²) in [4.78, 5) is 29.2. The lowest BCUT2D eigenvalue weighted by Gasteiger charge is -2.35. The van der Waals surface area contributed by atoms with Gasteiger partial charge in [0.25, 0.3) is 0 Å². The van der Waals surface area contributed by atoms with E-state index < -0.39 is 34.1 Å². The molecule has 0 heterocycles. The number of hydrogen-bond acceptors (Lipinski definition) is 4. The molecular weight excluding hydrogens is 602 g/mol. The number of carbonyl (C=O) groups is 2. The summed E-state index contributed by atoms with van der Waals surface area (Å²) < 4.78 is 27.3. The average molecular weight is 635 g/mol. The summed E-state index contributed by atoms with van der Waals surface area (Å²) in [6.07, 6.45) is 1.28. The molecule has 0 fully saturated rings. The molecule has 208 valence electrons. The van der Waals surface area contributed by atoms with Crippen LogP contribution in [0.5, 0.6) is 0 Å². The van der Waals surface area contributed by atoms with Crippen LogP contribution in [0.1, 0.15) is 31.9 Å². The number of sulfonamides is 1. The van der Waals surface area contributed by atoms with Crippen LogP contribution in [0, 0.1) is 0 Å². The van der Waals surface area contributed by atoms with Gasteiger partial charge in [-0.15, -0.1) is 0 Å². The molecule has 0 aliphatic rings. The Balaban J connectivity index is 2.10. The molecule has 2 amide bonds. The minimum atomic E-state index is -3.85. The first-order chi connectivity index (χ1) is 18.3. The summed E-state index contributed by atoms with van der Waals surface area (Å²) in [5.74, 6) is -0.889. The molecule has 3 aromatic rings. The number of para-hydroxylation sites is 1. The lowest BCUT2D eigenvalue weighted by Crippen LogP contribution is -2.56. The largest absolute Gasteiger partial charge is 0.350 e. The van der Waals surface area contributed by atoms with Crippen LogP contribution >= 0.6 is 27.5 Å². The fourth-order valence-corrected chi connectivity index (χ4v) is 5.74.